The van der Waals surface area contributed by atoms with Crippen LogP contribution >= 0.6 is 11.6 Å². The topological polar surface area (TPSA) is 84.7 Å². The molecule has 0 spiro atoms. The third kappa shape index (κ3) is 4.92. The fourth-order valence-electron chi connectivity index (χ4n) is 1.61. The number of sulfonamides is 1. The molecule has 0 saturated carbocycles. The van der Waals surface area contributed by atoms with Gasteiger partial charge in [-0.25, -0.2) is 13.1 Å². The SMILES string of the molecule is COCCN(C)CCNS(=O)(=O)c1c(N)cccc1Cl. The van der Waals surface area contributed by atoms with Crippen molar-refractivity contribution in [2.24, 2.45) is 0 Å². The molecule has 0 unspecified atom stereocenters. The molecule has 0 aliphatic heterocycles. The Morgan fingerprint density at radius 2 is 2.10 bits per heavy atom. The van der Waals surface area contributed by atoms with E-state index in [-0.39, 0.29) is 22.2 Å². The van der Waals surface area contributed by atoms with Gasteiger partial charge in [-0.2, -0.15) is 0 Å². The average molecular weight is 322 g/mol. The van der Waals surface area contributed by atoms with Crippen LogP contribution in [-0.2, 0) is 14.8 Å². The van der Waals surface area contributed by atoms with Gasteiger partial charge in [-0.3, -0.25) is 0 Å². The number of nitrogen functional groups attached to an aromatic ring is 1. The number of benzene rings is 1. The highest BCUT2D eigenvalue weighted by Crippen LogP contribution is 2.26. The number of nitrogens with one attached hydrogen (secondary N) is 1. The number of ether oxygens (including phenoxy) is 1. The maximum Gasteiger partial charge on any atom is 0.244 e. The highest BCUT2D eigenvalue weighted by molar-refractivity contribution is 7.89. The Hall–Kier alpha value is -0.860. The second-order valence-electron chi connectivity index (χ2n) is 4.35. The van der Waals surface area contributed by atoms with Crippen LogP contribution in [0.2, 0.25) is 5.02 Å². The molecule has 0 aromatic heterocycles. The summed E-state index contributed by atoms with van der Waals surface area (Å²) in [6.07, 6.45) is 0. The fraction of sp³-hybridized carbons (Fsp3) is 0.500. The molecule has 1 rings (SSSR count). The molecular weight excluding hydrogens is 302 g/mol. The van der Waals surface area contributed by atoms with Crippen molar-refractivity contribution in [1.29, 1.82) is 0 Å². The van der Waals surface area contributed by atoms with E-state index in [0.29, 0.717) is 13.2 Å². The Labute approximate surface area is 124 Å². The predicted molar refractivity (Wildman–Crippen MR) is 80.4 cm³/mol. The van der Waals surface area contributed by atoms with Crippen LogP contribution in [0.4, 0.5) is 5.69 Å². The molecule has 1 aromatic rings. The first-order valence-electron chi connectivity index (χ1n) is 6.09. The quantitative estimate of drug-likeness (QED) is 0.691. The van der Waals surface area contributed by atoms with Crippen molar-refractivity contribution in [1.82, 2.24) is 9.62 Å². The zero-order valence-electron chi connectivity index (χ0n) is 11.6. The molecule has 0 aliphatic rings. The van der Waals surface area contributed by atoms with Crippen LogP contribution in [0.5, 0.6) is 0 Å². The number of likely N-dealkylation sites (N-methyl/N-ethyl adjacent to an activating group) is 1. The van der Waals surface area contributed by atoms with Crippen LogP contribution in [0.25, 0.3) is 0 Å². The fourth-order valence-corrected chi connectivity index (χ4v) is 3.31. The number of hydrogen-bond donors (Lipinski definition) is 2. The van der Waals surface area contributed by atoms with Crippen LogP contribution in [-0.4, -0.2) is 53.7 Å². The summed E-state index contributed by atoms with van der Waals surface area (Å²) in [6.45, 7) is 2.16. The van der Waals surface area contributed by atoms with E-state index in [2.05, 4.69) is 4.72 Å². The van der Waals surface area contributed by atoms with Gasteiger partial charge in [0.15, 0.2) is 0 Å². The summed E-state index contributed by atoms with van der Waals surface area (Å²) < 4.78 is 31.7. The lowest BCUT2D eigenvalue weighted by atomic mass is 10.3. The normalized spacial score (nSPS) is 12.0. The van der Waals surface area contributed by atoms with Crippen molar-refractivity contribution in [2.45, 2.75) is 4.90 Å². The minimum atomic E-state index is -3.70. The van der Waals surface area contributed by atoms with E-state index >= 15 is 0 Å². The van der Waals surface area contributed by atoms with Gasteiger partial charge < -0.3 is 15.4 Å². The molecule has 6 nitrogen and oxygen atoms in total. The molecule has 0 aliphatic carbocycles. The minimum Gasteiger partial charge on any atom is -0.398 e. The average Bonchev–Trinajstić information content (AvgIpc) is 2.35. The van der Waals surface area contributed by atoms with Gasteiger partial charge in [-0.05, 0) is 19.2 Å². The third-order valence-electron chi connectivity index (χ3n) is 2.73. The smallest absolute Gasteiger partial charge is 0.244 e. The van der Waals surface area contributed by atoms with E-state index in [0.717, 1.165) is 6.54 Å². The molecule has 0 atom stereocenters. The van der Waals surface area contributed by atoms with Gasteiger partial charge in [0.25, 0.3) is 0 Å². The van der Waals surface area contributed by atoms with Crippen LogP contribution in [0, 0.1) is 0 Å². The zero-order chi connectivity index (χ0) is 15.2. The highest BCUT2D eigenvalue weighted by atomic mass is 35.5. The number of anilines is 1. The number of nitrogens with zero attached hydrogens (tertiary/aromatic N) is 1. The van der Waals surface area contributed by atoms with Crippen molar-refractivity contribution in [3.8, 4) is 0 Å². The molecule has 0 heterocycles. The van der Waals surface area contributed by atoms with Gasteiger partial charge >= 0.3 is 0 Å². The lowest BCUT2D eigenvalue weighted by molar-refractivity contribution is 0.162. The second kappa shape index (κ2) is 7.80. The van der Waals surface area contributed by atoms with E-state index in [4.69, 9.17) is 22.1 Å². The number of hydrogen-bond acceptors (Lipinski definition) is 5. The maximum atomic E-state index is 12.2. The minimum absolute atomic E-state index is 0.0683. The van der Waals surface area contributed by atoms with Crippen LogP contribution in [0.3, 0.4) is 0 Å². The Morgan fingerprint density at radius 3 is 2.70 bits per heavy atom. The van der Waals surface area contributed by atoms with Crippen LogP contribution in [0.15, 0.2) is 23.1 Å². The summed E-state index contributed by atoms with van der Waals surface area (Å²) in [7, 11) is -0.195. The van der Waals surface area contributed by atoms with Gasteiger partial charge in [0, 0.05) is 26.7 Å². The Balaban J connectivity index is 2.63. The number of methoxy groups -OCH3 is 1. The van der Waals surface area contributed by atoms with Crippen molar-refractivity contribution in [3.05, 3.63) is 23.2 Å². The second-order valence-corrected chi connectivity index (χ2v) is 6.46. The summed E-state index contributed by atoms with van der Waals surface area (Å²) in [4.78, 5) is 1.89. The first-order chi connectivity index (χ1) is 9.38. The monoisotopic (exact) mass is 321 g/mol. The Morgan fingerprint density at radius 1 is 1.40 bits per heavy atom. The Bertz CT molecular complexity index is 516. The van der Waals surface area contributed by atoms with Gasteiger partial charge in [0.05, 0.1) is 17.3 Å². The van der Waals surface area contributed by atoms with Crippen LogP contribution in [0.1, 0.15) is 0 Å². The molecule has 0 saturated heterocycles. The molecule has 8 heteroatoms. The van der Waals surface area contributed by atoms with Gasteiger partial charge in [0.2, 0.25) is 10.0 Å². The van der Waals surface area contributed by atoms with Crippen molar-refractivity contribution in [2.75, 3.05) is 46.1 Å². The van der Waals surface area contributed by atoms with Gasteiger partial charge in [0.1, 0.15) is 4.90 Å². The summed E-state index contributed by atoms with van der Waals surface area (Å²) in [5.74, 6) is 0. The van der Waals surface area contributed by atoms with Crippen molar-refractivity contribution >= 4 is 27.3 Å². The molecule has 3 N–H and O–H groups in total. The molecule has 114 valence electrons. The highest BCUT2D eigenvalue weighted by Gasteiger charge is 2.20. The molecule has 0 bridgehead atoms. The van der Waals surface area contributed by atoms with Gasteiger partial charge in [-0.1, -0.05) is 17.7 Å². The predicted octanol–water partition coefficient (Wildman–Crippen LogP) is 0.779. The lowest BCUT2D eigenvalue weighted by Gasteiger charge is -2.16. The Kier molecular flexibility index (Phi) is 6.70. The molecular formula is C12H20ClN3O3S. The van der Waals surface area contributed by atoms with Crippen molar-refractivity contribution in [3.63, 3.8) is 0 Å². The summed E-state index contributed by atoms with van der Waals surface area (Å²) in [5, 5.41) is 0.116. The number of halogens is 1. The summed E-state index contributed by atoms with van der Waals surface area (Å²) in [6, 6.07) is 4.61. The molecule has 0 fully saturated rings. The maximum absolute atomic E-state index is 12.2. The molecule has 0 radical (unpaired) electrons. The molecule has 20 heavy (non-hydrogen) atoms. The molecule has 1 aromatic carbocycles. The van der Waals surface area contributed by atoms with E-state index in [1.807, 2.05) is 11.9 Å². The largest absolute Gasteiger partial charge is 0.398 e. The van der Waals surface area contributed by atoms with Gasteiger partial charge in [-0.15, -0.1) is 0 Å². The van der Waals surface area contributed by atoms with E-state index in [1.165, 1.54) is 12.1 Å². The standard InChI is InChI=1S/C12H20ClN3O3S/c1-16(8-9-19-2)7-6-15-20(17,18)12-10(13)4-3-5-11(12)14/h3-5,15H,6-9,14H2,1-2H3. The third-order valence-corrected chi connectivity index (χ3v) is 4.73. The van der Waals surface area contributed by atoms with E-state index in [9.17, 15) is 8.42 Å². The molecule has 0 amide bonds. The first kappa shape index (κ1) is 17.2. The lowest BCUT2D eigenvalue weighted by Crippen LogP contribution is -2.34. The van der Waals surface area contributed by atoms with E-state index < -0.39 is 10.0 Å². The summed E-state index contributed by atoms with van der Waals surface area (Å²) in [5.41, 5.74) is 5.81. The zero-order valence-corrected chi connectivity index (χ0v) is 13.2. The number of rotatable bonds is 8. The van der Waals surface area contributed by atoms with E-state index in [1.54, 1.807) is 13.2 Å². The summed E-state index contributed by atoms with van der Waals surface area (Å²) >= 11 is 5.90. The number of nitrogens with two attached hydrogens (primary N) is 1. The first-order valence-corrected chi connectivity index (χ1v) is 7.95. The van der Waals surface area contributed by atoms with Crippen molar-refractivity contribution < 1.29 is 13.2 Å². The van der Waals surface area contributed by atoms with Crippen LogP contribution < -0.4 is 10.5 Å².